The van der Waals surface area contributed by atoms with Crippen LogP contribution in [0.15, 0.2) is 24.3 Å². The van der Waals surface area contributed by atoms with E-state index >= 15 is 0 Å². The van der Waals surface area contributed by atoms with Crippen LogP contribution in [-0.4, -0.2) is 42.4 Å². The number of aliphatic hydroxyl groups is 1. The number of aliphatic hydroxyl groups excluding tert-OH is 1. The van der Waals surface area contributed by atoms with Crippen molar-refractivity contribution in [1.29, 1.82) is 0 Å². The molecule has 0 bridgehead atoms. The van der Waals surface area contributed by atoms with Crippen LogP contribution in [0.4, 0.5) is 0 Å². The van der Waals surface area contributed by atoms with Crippen molar-refractivity contribution in [2.24, 2.45) is 0 Å². The molecule has 1 atom stereocenters. The maximum absolute atomic E-state index is 9.87. The van der Waals surface area contributed by atoms with E-state index in [-0.39, 0.29) is 18.5 Å². The van der Waals surface area contributed by atoms with Gasteiger partial charge >= 0.3 is 0 Å². The second-order valence-corrected chi connectivity index (χ2v) is 5.16. The summed E-state index contributed by atoms with van der Waals surface area (Å²) in [4.78, 5) is 2.31. The van der Waals surface area contributed by atoms with Crippen molar-refractivity contribution in [3.05, 3.63) is 35.4 Å². The van der Waals surface area contributed by atoms with Gasteiger partial charge < -0.3 is 14.7 Å². The Balaban J connectivity index is 0.00000180. The second kappa shape index (κ2) is 8.54. The lowest BCUT2D eigenvalue weighted by atomic mass is 10.2. The van der Waals surface area contributed by atoms with Crippen LogP contribution in [0.5, 0.6) is 0 Å². The van der Waals surface area contributed by atoms with Crippen molar-refractivity contribution in [3.63, 3.8) is 0 Å². The molecule has 108 valence electrons. The van der Waals surface area contributed by atoms with E-state index in [0.717, 1.165) is 25.2 Å². The number of halogens is 1. The van der Waals surface area contributed by atoms with Gasteiger partial charge in [-0.25, -0.2) is 0 Å². The van der Waals surface area contributed by atoms with Crippen LogP contribution in [-0.2, 0) is 11.3 Å². The molecule has 0 aromatic heterocycles. The zero-order chi connectivity index (χ0) is 12.8. The third-order valence-corrected chi connectivity index (χ3v) is 3.37. The van der Waals surface area contributed by atoms with Gasteiger partial charge in [-0.3, -0.25) is 0 Å². The molecule has 0 spiro atoms. The molecule has 3 nitrogen and oxygen atoms in total. The number of likely N-dealkylation sites (tertiary alicyclic amines) is 1. The third-order valence-electron chi connectivity index (χ3n) is 3.37. The summed E-state index contributed by atoms with van der Waals surface area (Å²) >= 11 is 0. The highest BCUT2D eigenvalue weighted by Crippen LogP contribution is 2.08. The summed E-state index contributed by atoms with van der Waals surface area (Å²) in [7, 11) is 0. The maximum atomic E-state index is 9.87. The molecule has 0 amide bonds. The Morgan fingerprint density at radius 1 is 1.21 bits per heavy atom. The minimum absolute atomic E-state index is 0. The number of nitrogens with zero attached hydrogens (tertiary/aromatic N) is 1. The smallest absolute Gasteiger partial charge is 0.0900 e. The van der Waals surface area contributed by atoms with Crippen molar-refractivity contribution in [1.82, 2.24) is 4.90 Å². The Labute approximate surface area is 122 Å². The molecule has 1 aliphatic rings. The molecule has 1 heterocycles. The van der Waals surface area contributed by atoms with Crippen molar-refractivity contribution in [2.45, 2.75) is 32.5 Å². The molecule has 0 radical (unpaired) electrons. The van der Waals surface area contributed by atoms with Gasteiger partial charge in [-0.05, 0) is 38.4 Å². The molecule has 1 aliphatic heterocycles. The van der Waals surface area contributed by atoms with Crippen molar-refractivity contribution in [3.8, 4) is 0 Å². The summed E-state index contributed by atoms with van der Waals surface area (Å²) < 4.78 is 5.55. The molecular formula is C15H24ClNO2. The Morgan fingerprint density at radius 2 is 1.84 bits per heavy atom. The predicted octanol–water partition coefficient (Wildman–Crippen LogP) is 2.39. The third kappa shape index (κ3) is 5.91. The summed E-state index contributed by atoms with van der Waals surface area (Å²) in [6.45, 7) is 6.06. The zero-order valence-electron chi connectivity index (χ0n) is 11.5. The number of aryl methyl sites for hydroxylation is 1. The van der Waals surface area contributed by atoms with Gasteiger partial charge in [0.05, 0.1) is 19.3 Å². The Kier molecular flexibility index (Phi) is 7.39. The van der Waals surface area contributed by atoms with Crippen LogP contribution in [0.25, 0.3) is 0 Å². The monoisotopic (exact) mass is 285 g/mol. The molecule has 0 aliphatic carbocycles. The summed E-state index contributed by atoms with van der Waals surface area (Å²) in [5.41, 5.74) is 2.42. The first-order valence-corrected chi connectivity index (χ1v) is 6.78. The minimum atomic E-state index is -0.367. The van der Waals surface area contributed by atoms with Crippen LogP contribution in [0.2, 0.25) is 0 Å². The molecular weight excluding hydrogens is 262 g/mol. The van der Waals surface area contributed by atoms with Crippen molar-refractivity contribution >= 4 is 12.4 Å². The van der Waals surface area contributed by atoms with Crippen molar-refractivity contribution < 1.29 is 9.84 Å². The highest BCUT2D eigenvalue weighted by Gasteiger charge is 2.15. The summed E-state index contributed by atoms with van der Waals surface area (Å²) in [6.07, 6.45) is 2.15. The van der Waals surface area contributed by atoms with Gasteiger partial charge in [0.2, 0.25) is 0 Å². The average Bonchev–Trinajstić information content (AvgIpc) is 2.84. The summed E-state index contributed by atoms with van der Waals surface area (Å²) in [6, 6.07) is 8.31. The van der Waals surface area contributed by atoms with E-state index in [4.69, 9.17) is 4.74 Å². The average molecular weight is 286 g/mol. The molecule has 1 aromatic carbocycles. The lowest BCUT2D eigenvalue weighted by molar-refractivity contribution is 0.0134. The topological polar surface area (TPSA) is 32.7 Å². The fourth-order valence-electron chi connectivity index (χ4n) is 2.31. The van der Waals surface area contributed by atoms with Crippen LogP contribution in [0.1, 0.15) is 24.0 Å². The van der Waals surface area contributed by atoms with E-state index in [1.54, 1.807) is 0 Å². The quantitative estimate of drug-likeness (QED) is 0.871. The second-order valence-electron chi connectivity index (χ2n) is 5.16. The van der Waals surface area contributed by atoms with E-state index in [9.17, 15) is 5.11 Å². The normalized spacial score (nSPS) is 17.2. The summed E-state index contributed by atoms with van der Waals surface area (Å²) in [5.74, 6) is 0. The van der Waals surface area contributed by atoms with Gasteiger partial charge in [0.1, 0.15) is 0 Å². The Morgan fingerprint density at radius 3 is 2.47 bits per heavy atom. The van der Waals surface area contributed by atoms with E-state index < -0.39 is 0 Å². The molecule has 4 heteroatoms. The molecule has 1 fully saturated rings. The standard InChI is InChI=1S/C15H23NO2.ClH/c1-13-4-6-14(7-5-13)11-18-12-15(17)10-16-8-2-3-9-16;/h4-7,15,17H,2-3,8-12H2,1H3;1H. The lowest BCUT2D eigenvalue weighted by Gasteiger charge is -2.19. The zero-order valence-corrected chi connectivity index (χ0v) is 12.4. The summed E-state index contributed by atoms with van der Waals surface area (Å²) in [5, 5.41) is 9.87. The van der Waals surface area contributed by atoms with Crippen LogP contribution in [0.3, 0.4) is 0 Å². The van der Waals surface area contributed by atoms with Gasteiger partial charge in [0.25, 0.3) is 0 Å². The SMILES string of the molecule is Cc1ccc(COCC(O)CN2CCCC2)cc1.Cl. The van der Waals surface area contributed by atoms with E-state index in [1.165, 1.54) is 18.4 Å². The Bertz CT molecular complexity index is 350. The molecule has 19 heavy (non-hydrogen) atoms. The number of hydrogen-bond donors (Lipinski definition) is 1. The van der Waals surface area contributed by atoms with E-state index in [1.807, 2.05) is 0 Å². The maximum Gasteiger partial charge on any atom is 0.0900 e. The van der Waals surface area contributed by atoms with Crippen LogP contribution in [0, 0.1) is 6.92 Å². The molecule has 1 unspecified atom stereocenters. The van der Waals surface area contributed by atoms with Crippen LogP contribution >= 0.6 is 12.4 Å². The largest absolute Gasteiger partial charge is 0.389 e. The van der Waals surface area contributed by atoms with Crippen molar-refractivity contribution in [2.75, 3.05) is 26.2 Å². The van der Waals surface area contributed by atoms with Gasteiger partial charge in [-0.2, -0.15) is 0 Å². The Hall–Kier alpha value is -0.610. The number of ether oxygens (including phenoxy) is 1. The molecule has 2 rings (SSSR count). The molecule has 1 saturated heterocycles. The number of hydrogen-bond acceptors (Lipinski definition) is 3. The van der Waals surface area contributed by atoms with E-state index in [2.05, 4.69) is 36.1 Å². The minimum Gasteiger partial charge on any atom is -0.389 e. The van der Waals surface area contributed by atoms with Gasteiger partial charge in [-0.15, -0.1) is 12.4 Å². The lowest BCUT2D eigenvalue weighted by Crippen LogP contribution is -2.32. The first-order valence-electron chi connectivity index (χ1n) is 6.78. The fraction of sp³-hybridized carbons (Fsp3) is 0.600. The highest BCUT2D eigenvalue weighted by molar-refractivity contribution is 5.85. The fourth-order valence-corrected chi connectivity index (χ4v) is 2.31. The molecule has 1 N–H and O–H groups in total. The highest BCUT2D eigenvalue weighted by atomic mass is 35.5. The number of rotatable bonds is 6. The first kappa shape index (κ1) is 16.4. The number of benzene rings is 1. The van der Waals surface area contributed by atoms with Gasteiger partial charge in [-0.1, -0.05) is 29.8 Å². The molecule has 1 aromatic rings. The van der Waals surface area contributed by atoms with E-state index in [0.29, 0.717) is 13.2 Å². The number of β-amino-alcohol motifs (C(OH)–C–C–N with tert-alkyl or cyclic N) is 1. The predicted molar refractivity (Wildman–Crippen MR) is 79.8 cm³/mol. The van der Waals surface area contributed by atoms with Crippen LogP contribution < -0.4 is 0 Å². The molecule has 0 saturated carbocycles. The van der Waals surface area contributed by atoms with Gasteiger partial charge in [0.15, 0.2) is 0 Å². The first-order chi connectivity index (χ1) is 8.74. The van der Waals surface area contributed by atoms with Gasteiger partial charge in [0, 0.05) is 6.54 Å².